The first kappa shape index (κ1) is 12.8. The zero-order chi connectivity index (χ0) is 12.3. The van der Waals surface area contributed by atoms with Gasteiger partial charge in [-0.1, -0.05) is 6.92 Å². The summed E-state index contributed by atoms with van der Waals surface area (Å²) in [4.78, 5) is 7.00. The van der Waals surface area contributed by atoms with Gasteiger partial charge in [0.25, 0.3) is 0 Å². The molecule has 1 heterocycles. The SMILES string of the molecule is CCc1nsc(N(CC)C2CCC(N)CC2)n1. The molecule has 2 N–H and O–H groups in total. The molecular formula is C12H22N4S. The third-order valence-corrected chi connectivity index (χ3v) is 4.33. The van der Waals surface area contributed by atoms with Gasteiger partial charge in [0, 0.05) is 36.6 Å². The van der Waals surface area contributed by atoms with Gasteiger partial charge in [-0.05, 0) is 32.6 Å². The third-order valence-electron chi connectivity index (χ3n) is 3.54. The molecule has 0 atom stereocenters. The van der Waals surface area contributed by atoms with Gasteiger partial charge >= 0.3 is 0 Å². The summed E-state index contributed by atoms with van der Waals surface area (Å²) in [5, 5.41) is 1.09. The Bertz CT molecular complexity index is 344. The van der Waals surface area contributed by atoms with Crippen molar-refractivity contribution in [1.82, 2.24) is 9.36 Å². The van der Waals surface area contributed by atoms with Crippen LogP contribution in [0.3, 0.4) is 0 Å². The summed E-state index contributed by atoms with van der Waals surface area (Å²) in [6.45, 7) is 5.31. The zero-order valence-corrected chi connectivity index (χ0v) is 11.5. The summed E-state index contributed by atoms with van der Waals surface area (Å²) in [6.07, 6.45) is 5.58. The van der Waals surface area contributed by atoms with Crippen LogP contribution >= 0.6 is 11.5 Å². The van der Waals surface area contributed by atoms with Crippen LogP contribution in [0.15, 0.2) is 0 Å². The molecule has 1 aromatic rings. The molecule has 0 spiro atoms. The number of hydrogen-bond acceptors (Lipinski definition) is 5. The van der Waals surface area contributed by atoms with Crippen molar-refractivity contribution in [2.45, 2.75) is 58.0 Å². The maximum absolute atomic E-state index is 5.96. The van der Waals surface area contributed by atoms with Crippen LogP contribution in [0.1, 0.15) is 45.4 Å². The summed E-state index contributed by atoms with van der Waals surface area (Å²) < 4.78 is 4.38. The molecule has 4 nitrogen and oxygen atoms in total. The van der Waals surface area contributed by atoms with E-state index < -0.39 is 0 Å². The predicted molar refractivity (Wildman–Crippen MR) is 72.5 cm³/mol. The van der Waals surface area contributed by atoms with Crippen molar-refractivity contribution in [3.63, 3.8) is 0 Å². The van der Waals surface area contributed by atoms with Gasteiger partial charge in [-0.2, -0.15) is 4.37 Å². The van der Waals surface area contributed by atoms with E-state index in [-0.39, 0.29) is 0 Å². The van der Waals surface area contributed by atoms with E-state index in [1.807, 2.05) is 0 Å². The van der Waals surface area contributed by atoms with Crippen LogP contribution in [0.5, 0.6) is 0 Å². The first-order valence-electron chi connectivity index (χ1n) is 6.59. The Morgan fingerprint density at radius 3 is 2.53 bits per heavy atom. The first-order chi connectivity index (χ1) is 8.24. The van der Waals surface area contributed by atoms with E-state index in [9.17, 15) is 0 Å². The number of rotatable bonds is 4. The van der Waals surface area contributed by atoms with Gasteiger partial charge in [-0.25, -0.2) is 4.98 Å². The summed E-state index contributed by atoms with van der Waals surface area (Å²) in [6, 6.07) is 1.02. The predicted octanol–water partition coefficient (Wildman–Crippen LogP) is 2.20. The second-order valence-corrected chi connectivity index (χ2v) is 5.43. The molecule has 1 fully saturated rings. The molecule has 1 aliphatic carbocycles. The van der Waals surface area contributed by atoms with Gasteiger partial charge in [0.1, 0.15) is 5.82 Å². The van der Waals surface area contributed by atoms with Gasteiger partial charge in [-0.15, -0.1) is 0 Å². The molecule has 0 bridgehead atoms. The smallest absolute Gasteiger partial charge is 0.205 e. The molecule has 17 heavy (non-hydrogen) atoms. The molecule has 5 heteroatoms. The van der Waals surface area contributed by atoms with E-state index in [0.717, 1.165) is 36.8 Å². The van der Waals surface area contributed by atoms with Crippen molar-refractivity contribution in [1.29, 1.82) is 0 Å². The molecular weight excluding hydrogens is 232 g/mol. The molecule has 0 unspecified atom stereocenters. The first-order valence-corrected chi connectivity index (χ1v) is 7.36. The minimum Gasteiger partial charge on any atom is -0.344 e. The highest BCUT2D eigenvalue weighted by molar-refractivity contribution is 7.09. The van der Waals surface area contributed by atoms with E-state index in [0.29, 0.717) is 12.1 Å². The van der Waals surface area contributed by atoms with Crippen molar-refractivity contribution >= 4 is 16.7 Å². The maximum atomic E-state index is 5.96. The molecule has 0 radical (unpaired) electrons. The van der Waals surface area contributed by atoms with E-state index in [4.69, 9.17) is 5.73 Å². The largest absolute Gasteiger partial charge is 0.344 e. The quantitative estimate of drug-likeness (QED) is 0.895. The van der Waals surface area contributed by atoms with Gasteiger partial charge in [0.2, 0.25) is 5.13 Å². The highest BCUT2D eigenvalue weighted by atomic mass is 32.1. The summed E-state index contributed by atoms with van der Waals surface area (Å²) in [5.74, 6) is 0.968. The van der Waals surface area contributed by atoms with Crippen molar-refractivity contribution in [3.05, 3.63) is 5.82 Å². The topological polar surface area (TPSA) is 55.0 Å². The second kappa shape index (κ2) is 5.78. The number of nitrogens with zero attached hydrogens (tertiary/aromatic N) is 3. The van der Waals surface area contributed by atoms with Gasteiger partial charge in [0.05, 0.1) is 0 Å². The van der Waals surface area contributed by atoms with Crippen molar-refractivity contribution < 1.29 is 0 Å². The Kier molecular flexibility index (Phi) is 4.34. The lowest BCUT2D eigenvalue weighted by atomic mass is 9.91. The number of aryl methyl sites for hydroxylation is 1. The van der Waals surface area contributed by atoms with Crippen LogP contribution in [0.25, 0.3) is 0 Å². The highest BCUT2D eigenvalue weighted by Gasteiger charge is 2.25. The average molecular weight is 254 g/mol. The summed E-state index contributed by atoms with van der Waals surface area (Å²) >= 11 is 1.53. The number of hydrogen-bond donors (Lipinski definition) is 1. The standard InChI is InChI=1S/C12H22N4S/c1-3-11-14-12(17-15-11)16(4-2)10-7-5-9(13)6-8-10/h9-10H,3-8,13H2,1-2H3. The lowest BCUT2D eigenvalue weighted by molar-refractivity contribution is 0.378. The van der Waals surface area contributed by atoms with E-state index in [1.54, 1.807) is 0 Å². The van der Waals surface area contributed by atoms with Gasteiger partial charge in [0.15, 0.2) is 0 Å². The Labute approximate surface area is 107 Å². The number of anilines is 1. The van der Waals surface area contributed by atoms with Crippen LogP contribution in [-0.4, -0.2) is 28.0 Å². The zero-order valence-electron chi connectivity index (χ0n) is 10.7. The van der Waals surface area contributed by atoms with Crippen LogP contribution in [0.2, 0.25) is 0 Å². The summed E-state index contributed by atoms with van der Waals surface area (Å²) in [7, 11) is 0. The molecule has 1 aromatic heterocycles. The maximum Gasteiger partial charge on any atom is 0.205 e. The van der Waals surface area contributed by atoms with Crippen molar-refractivity contribution in [2.75, 3.05) is 11.4 Å². The minimum absolute atomic E-state index is 0.408. The monoisotopic (exact) mass is 254 g/mol. The third kappa shape index (κ3) is 2.96. The van der Waals surface area contributed by atoms with Crippen LogP contribution in [0, 0.1) is 0 Å². The fraction of sp³-hybridized carbons (Fsp3) is 0.833. The number of nitrogens with two attached hydrogens (primary N) is 1. The van der Waals surface area contributed by atoms with Crippen LogP contribution in [0.4, 0.5) is 5.13 Å². The van der Waals surface area contributed by atoms with Crippen LogP contribution in [-0.2, 0) is 6.42 Å². The molecule has 0 amide bonds. The second-order valence-electron chi connectivity index (χ2n) is 4.70. The lowest BCUT2D eigenvalue weighted by Crippen LogP contribution is -2.40. The fourth-order valence-corrected chi connectivity index (χ4v) is 3.35. The highest BCUT2D eigenvalue weighted by Crippen LogP contribution is 2.27. The molecule has 2 rings (SSSR count). The minimum atomic E-state index is 0.408. The molecule has 0 aromatic carbocycles. The molecule has 1 saturated carbocycles. The molecule has 0 saturated heterocycles. The molecule has 0 aliphatic heterocycles. The Balaban J connectivity index is 2.05. The van der Waals surface area contributed by atoms with Crippen molar-refractivity contribution in [3.8, 4) is 0 Å². The number of aromatic nitrogens is 2. The Hall–Kier alpha value is -0.680. The average Bonchev–Trinajstić information content (AvgIpc) is 2.81. The molecule has 96 valence electrons. The van der Waals surface area contributed by atoms with E-state index in [1.165, 1.54) is 24.4 Å². The van der Waals surface area contributed by atoms with Crippen molar-refractivity contribution in [2.24, 2.45) is 5.73 Å². The summed E-state index contributed by atoms with van der Waals surface area (Å²) in [5.41, 5.74) is 5.96. The van der Waals surface area contributed by atoms with Crippen LogP contribution < -0.4 is 10.6 Å². The Morgan fingerprint density at radius 1 is 1.29 bits per heavy atom. The van der Waals surface area contributed by atoms with E-state index >= 15 is 0 Å². The molecule has 1 aliphatic rings. The Morgan fingerprint density at radius 2 is 2.00 bits per heavy atom. The van der Waals surface area contributed by atoms with E-state index in [2.05, 4.69) is 28.1 Å². The normalized spacial score (nSPS) is 24.9. The van der Waals surface area contributed by atoms with Gasteiger partial charge < -0.3 is 10.6 Å². The van der Waals surface area contributed by atoms with Gasteiger partial charge in [-0.3, -0.25) is 0 Å². The lowest BCUT2D eigenvalue weighted by Gasteiger charge is -2.35. The fourth-order valence-electron chi connectivity index (χ4n) is 2.47.